The summed E-state index contributed by atoms with van der Waals surface area (Å²) in [6, 6.07) is 12.1. The first kappa shape index (κ1) is 16.1. The van der Waals surface area contributed by atoms with Gasteiger partial charge in [0.2, 0.25) is 5.95 Å². The fourth-order valence-electron chi connectivity index (χ4n) is 3.04. The molecule has 0 atom stereocenters. The molecule has 136 valence electrons. The third-order valence-corrected chi connectivity index (χ3v) is 4.40. The minimum absolute atomic E-state index is 0.509. The summed E-state index contributed by atoms with van der Waals surface area (Å²) in [7, 11) is 1.88. The van der Waals surface area contributed by atoms with Crippen molar-refractivity contribution < 1.29 is 0 Å². The first-order valence-corrected chi connectivity index (χ1v) is 8.73. The van der Waals surface area contributed by atoms with Crippen molar-refractivity contribution in [2.45, 2.75) is 0 Å². The highest BCUT2D eigenvalue weighted by atomic mass is 15.4. The largest absolute Gasteiger partial charge is 0.323 e. The molecular weight excluding hydrogens is 352 g/mol. The summed E-state index contributed by atoms with van der Waals surface area (Å²) in [5.74, 6) is 0.509. The molecule has 0 aliphatic heterocycles. The summed E-state index contributed by atoms with van der Waals surface area (Å²) in [6.45, 7) is 0. The number of rotatable bonds is 4. The van der Waals surface area contributed by atoms with Crippen LogP contribution >= 0.6 is 0 Å². The van der Waals surface area contributed by atoms with Crippen LogP contribution in [0.3, 0.4) is 0 Å². The molecule has 0 fully saturated rings. The SMILES string of the molecule is Cn1cc(-c2cncc3nc(Nc4ccc(-c5ccncc5)cc4)nn23)cn1. The molecule has 5 rings (SSSR count). The van der Waals surface area contributed by atoms with Crippen molar-refractivity contribution in [3.63, 3.8) is 0 Å². The van der Waals surface area contributed by atoms with Crippen molar-refractivity contribution in [3.05, 3.63) is 73.6 Å². The number of anilines is 2. The third kappa shape index (κ3) is 2.96. The Kier molecular flexibility index (Phi) is 3.79. The van der Waals surface area contributed by atoms with E-state index in [-0.39, 0.29) is 0 Å². The molecule has 1 N–H and O–H groups in total. The topological polar surface area (TPSA) is 85.8 Å². The van der Waals surface area contributed by atoms with Gasteiger partial charge < -0.3 is 5.32 Å². The van der Waals surface area contributed by atoms with Gasteiger partial charge in [0.05, 0.1) is 24.3 Å². The van der Waals surface area contributed by atoms with Gasteiger partial charge in [0.15, 0.2) is 5.65 Å². The smallest absolute Gasteiger partial charge is 0.247 e. The Morgan fingerprint density at radius 2 is 1.61 bits per heavy atom. The van der Waals surface area contributed by atoms with E-state index >= 15 is 0 Å². The zero-order valence-electron chi connectivity index (χ0n) is 15.1. The second-order valence-corrected chi connectivity index (χ2v) is 6.34. The van der Waals surface area contributed by atoms with E-state index in [2.05, 4.69) is 42.6 Å². The molecule has 0 saturated heterocycles. The highest BCUT2D eigenvalue weighted by Gasteiger charge is 2.11. The molecule has 4 heterocycles. The maximum atomic E-state index is 4.58. The average molecular weight is 368 g/mol. The Bertz CT molecular complexity index is 1240. The van der Waals surface area contributed by atoms with E-state index in [1.165, 1.54) is 0 Å². The Labute approximate surface area is 160 Å². The molecule has 0 unspecified atom stereocenters. The molecule has 0 amide bonds. The van der Waals surface area contributed by atoms with Crippen molar-refractivity contribution in [3.8, 4) is 22.4 Å². The van der Waals surface area contributed by atoms with Gasteiger partial charge in [0.25, 0.3) is 0 Å². The normalized spacial score (nSPS) is 11.0. The van der Waals surface area contributed by atoms with Gasteiger partial charge in [0.1, 0.15) is 0 Å². The summed E-state index contributed by atoms with van der Waals surface area (Å²) in [5.41, 5.74) is 5.58. The van der Waals surface area contributed by atoms with Crippen molar-refractivity contribution >= 4 is 17.3 Å². The maximum absolute atomic E-state index is 4.58. The Balaban J connectivity index is 1.44. The predicted molar refractivity (Wildman–Crippen MR) is 106 cm³/mol. The Morgan fingerprint density at radius 1 is 0.821 bits per heavy atom. The molecule has 0 bridgehead atoms. The first-order chi connectivity index (χ1) is 13.8. The maximum Gasteiger partial charge on any atom is 0.247 e. The van der Waals surface area contributed by atoms with E-state index in [0.29, 0.717) is 11.6 Å². The Hall–Kier alpha value is -4.07. The van der Waals surface area contributed by atoms with E-state index < -0.39 is 0 Å². The van der Waals surface area contributed by atoms with E-state index in [4.69, 9.17) is 0 Å². The molecule has 28 heavy (non-hydrogen) atoms. The number of aromatic nitrogens is 7. The lowest BCUT2D eigenvalue weighted by Gasteiger charge is -2.04. The van der Waals surface area contributed by atoms with Gasteiger partial charge in [-0.2, -0.15) is 10.1 Å². The van der Waals surface area contributed by atoms with Crippen LogP contribution < -0.4 is 5.32 Å². The van der Waals surface area contributed by atoms with Gasteiger partial charge in [0, 0.05) is 36.9 Å². The average Bonchev–Trinajstić information content (AvgIpc) is 3.34. The van der Waals surface area contributed by atoms with Crippen LogP contribution in [0.15, 0.2) is 73.6 Å². The summed E-state index contributed by atoms with van der Waals surface area (Å²) >= 11 is 0. The van der Waals surface area contributed by atoms with Crippen LogP contribution in [0.4, 0.5) is 11.6 Å². The summed E-state index contributed by atoms with van der Waals surface area (Å²) in [6.07, 6.45) is 10.7. The fourth-order valence-corrected chi connectivity index (χ4v) is 3.04. The molecule has 8 nitrogen and oxygen atoms in total. The van der Waals surface area contributed by atoms with Crippen LogP contribution in [0.25, 0.3) is 28.0 Å². The number of fused-ring (bicyclic) bond motifs is 1. The number of benzene rings is 1. The zero-order chi connectivity index (χ0) is 18.9. The molecular formula is C20H16N8. The monoisotopic (exact) mass is 368 g/mol. The lowest BCUT2D eigenvalue weighted by molar-refractivity contribution is 0.768. The minimum Gasteiger partial charge on any atom is -0.323 e. The van der Waals surface area contributed by atoms with Gasteiger partial charge in [-0.25, -0.2) is 4.52 Å². The summed E-state index contributed by atoms with van der Waals surface area (Å²) in [4.78, 5) is 12.8. The lowest BCUT2D eigenvalue weighted by Crippen LogP contribution is -1.96. The van der Waals surface area contributed by atoms with Gasteiger partial charge in [-0.3, -0.25) is 14.6 Å². The second-order valence-electron chi connectivity index (χ2n) is 6.34. The van der Waals surface area contributed by atoms with Crippen LogP contribution in [-0.4, -0.2) is 34.3 Å². The summed E-state index contributed by atoms with van der Waals surface area (Å²) in [5, 5.41) is 12.1. The predicted octanol–water partition coefficient (Wildman–Crippen LogP) is 3.33. The molecule has 0 aliphatic carbocycles. The standard InChI is InChI=1S/C20H16N8/c1-27-13-16(10-23-27)18-11-22-12-19-25-20(26-28(18)19)24-17-4-2-14(3-5-17)15-6-8-21-9-7-15/h2-13H,1H3,(H,24,26). The molecule has 4 aromatic heterocycles. The quantitative estimate of drug-likeness (QED) is 0.524. The third-order valence-electron chi connectivity index (χ3n) is 4.40. The number of nitrogens with one attached hydrogen (secondary N) is 1. The first-order valence-electron chi connectivity index (χ1n) is 8.73. The van der Waals surface area contributed by atoms with Crippen molar-refractivity contribution in [2.75, 3.05) is 5.32 Å². The molecule has 0 aliphatic rings. The molecule has 1 aromatic carbocycles. The van der Waals surface area contributed by atoms with Crippen molar-refractivity contribution in [1.82, 2.24) is 34.3 Å². The fraction of sp³-hybridized carbons (Fsp3) is 0.0500. The molecule has 0 spiro atoms. The lowest BCUT2D eigenvalue weighted by atomic mass is 10.1. The van der Waals surface area contributed by atoms with Crippen molar-refractivity contribution in [1.29, 1.82) is 0 Å². The van der Waals surface area contributed by atoms with Crippen LogP contribution in [-0.2, 0) is 7.05 Å². The summed E-state index contributed by atoms with van der Waals surface area (Å²) < 4.78 is 3.51. The molecule has 0 saturated carbocycles. The number of hydrogen-bond acceptors (Lipinski definition) is 6. The number of aryl methyl sites for hydroxylation is 1. The Morgan fingerprint density at radius 3 is 2.36 bits per heavy atom. The van der Waals surface area contributed by atoms with Gasteiger partial charge in [-0.05, 0) is 35.4 Å². The zero-order valence-corrected chi connectivity index (χ0v) is 15.1. The van der Waals surface area contributed by atoms with Crippen molar-refractivity contribution in [2.24, 2.45) is 7.05 Å². The van der Waals surface area contributed by atoms with E-state index in [1.807, 2.05) is 37.5 Å². The van der Waals surface area contributed by atoms with Gasteiger partial charge in [-0.1, -0.05) is 12.1 Å². The van der Waals surface area contributed by atoms with E-state index in [9.17, 15) is 0 Å². The van der Waals surface area contributed by atoms with Crippen LogP contribution in [0.1, 0.15) is 0 Å². The van der Waals surface area contributed by atoms with Gasteiger partial charge >= 0.3 is 0 Å². The molecule has 5 aromatic rings. The number of hydrogen-bond donors (Lipinski definition) is 1. The van der Waals surface area contributed by atoms with E-state index in [1.54, 1.807) is 40.2 Å². The highest BCUT2D eigenvalue weighted by molar-refractivity contribution is 5.67. The molecule has 8 heteroatoms. The van der Waals surface area contributed by atoms with Crippen LogP contribution in [0.5, 0.6) is 0 Å². The molecule has 0 radical (unpaired) electrons. The van der Waals surface area contributed by atoms with Crippen LogP contribution in [0, 0.1) is 0 Å². The van der Waals surface area contributed by atoms with Gasteiger partial charge in [-0.15, -0.1) is 5.10 Å². The second kappa shape index (κ2) is 6.58. The van der Waals surface area contributed by atoms with E-state index in [0.717, 1.165) is 28.1 Å². The highest BCUT2D eigenvalue weighted by Crippen LogP contribution is 2.23. The van der Waals surface area contributed by atoms with Crippen LogP contribution in [0.2, 0.25) is 0 Å². The number of pyridine rings is 1. The number of nitrogens with zero attached hydrogens (tertiary/aromatic N) is 7. The minimum atomic E-state index is 0.509.